The Morgan fingerprint density at radius 3 is 2.35 bits per heavy atom. The lowest BCUT2D eigenvalue weighted by atomic mass is 10.2. The Morgan fingerprint density at radius 1 is 1.41 bits per heavy atom. The molecule has 0 heterocycles. The van der Waals surface area contributed by atoms with Gasteiger partial charge in [-0.15, -0.1) is 0 Å². The number of benzene rings is 1. The lowest BCUT2D eigenvalue weighted by Gasteiger charge is -2.19. The molecule has 17 heavy (non-hydrogen) atoms. The smallest absolute Gasteiger partial charge is 0.275 e. The van der Waals surface area contributed by atoms with Crippen LogP contribution in [0, 0.1) is 21.7 Å². The summed E-state index contributed by atoms with van der Waals surface area (Å²) in [6.45, 7) is 0.780. The number of rotatable bonds is 5. The molecule has 0 saturated carbocycles. The molecule has 0 radical (unpaired) electrons. The Labute approximate surface area is 97.0 Å². The number of halogens is 2. The zero-order valence-corrected chi connectivity index (χ0v) is 9.32. The van der Waals surface area contributed by atoms with Crippen LogP contribution in [0.5, 0.6) is 0 Å². The highest BCUT2D eigenvalue weighted by molar-refractivity contribution is 5.53. The molecule has 0 aliphatic rings. The van der Waals surface area contributed by atoms with E-state index in [0.717, 1.165) is 0 Å². The zero-order chi connectivity index (χ0) is 13.0. The third-order valence-corrected chi connectivity index (χ3v) is 2.29. The average Bonchev–Trinajstić information content (AvgIpc) is 2.25. The fourth-order valence-corrected chi connectivity index (χ4v) is 1.46. The van der Waals surface area contributed by atoms with Crippen molar-refractivity contribution in [3.63, 3.8) is 0 Å². The van der Waals surface area contributed by atoms with Gasteiger partial charge in [-0.25, -0.2) is 8.78 Å². The van der Waals surface area contributed by atoms with Crippen LogP contribution >= 0.6 is 0 Å². The van der Waals surface area contributed by atoms with Gasteiger partial charge in [0.1, 0.15) is 5.69 Å². The maximum Gasteiger partial charge on any atom is 0.275 e. The van der Waals surface area contributed by atoms with Crippen LogP contribution in [0.1, 0.15) is 6.42 Å². The molecule has 7 heteroatoms. The van der Waals surface area contributed by atoms with E-state index in [2.05, 4.69) is 0 Å². The van der Waals surface area contributed by atoms with Crippen molar-refractivity contribution in [2.45, 2.75) is 6.42 Å². The van der Waals surface area contributed by atoms with E-state index >= 15 is 0 Å². The molecule has 1 aromatic rings. The molecule has 0 atom stereocenters. The van der Waals surface area contributed by atoms with Gasteiger partial charge in [0.25, 0.3) is 5.69 Å². The number of hydrogen-bond acceptors (Lipinski definition) is 4. The normalized spacial score (nSPS) is 10.4. The maximum atomic E-state index is 13.5. The summed E-state index contributed by atoms with van der Waals surface area (Å²) < 4.78 is 27.1. The first-order valence-electron chi connectivity index (χ1n) is 5.02. The van der Waals surface area contributed by atoms with Crippen LogP contribution < -0.4 is 10.6 Å². The van der Waals surface area contributed by atoms with E-state index in [4.69, 9.17) is 5.73 Å². The van der Waals surface area contributed by atoms with Crippen molar-refractivity contribution >= 4 is 11.4 Å². The summed E-state index contributed by atoms with van der Waals surface area (Å²) in [5.74, 6) is -1.90. The molecular weight excluding hydrogens is 232 g/mol. The van der Waals surface area contributed by atoms with E-state index in [-0.39, 0.29) is 5.69 Å². The molecule has 0 amide bonds. The maximum absolute atomic E-state index is 13.5. The zero-order valence-electron chi connectivity index (χ0n) is 9.32. The van der Waals surface area contributed by atoms with Crippen LogP contribution in [0.15, 0.2) is 12.1 Å². The topological polar surface area (TPSA) is 72.4 Å². The summed E-state index contributed by atoms with van der Waals surface area (Å²) in [4.78, 5) is 10.9. The van der Waals surface area contributed by atoms with E-state index in [1.54, 1.807) is 0 Å². The van der Waals surface area contributed by atoms with Crippen molar-refractivity contribution in [2.24, 2.45) is 5.73 Å². The number of non-ortho nitro benzene ring substituents is 1. The number of nitro groups is 1. The van der Waals surface area contributed by atoms with Gasteiger partial charge in [-0.2, -0.15) is 0 Å². The van der Waals surface area contributed by atoms with Crippen LogP contribution in [0.25, 0.3) is 0 Å². The fraction of sp³-hybridized carbons (Fsp3) is 0.400. The van der Waals surface area contributed by atoms with Crippen molar-refractivity contribution in [2.75, 3.05) is 25.0 Å². The predicted molar refractivity (Wildman–Crippen MR) is 60.0 cm³/mol. The second kappa shape index (κ2) is 5.53. The molecule has 0 fully saturated rings. The van der Waals surface area contributed by atoms with Gasteiger partial charge in [-0.3, -0.25) is 10.1 Å². The molecule has 0 saturated heterocycles. The Kier molecular flexibility index (Phi) is 4.33. The van der Waals surface area contributed by atoms with E-state index in [0.29, 0.717) is 31.6 Å². The Balaban J connectivity index is 3.04. The van der Waals surface area contributed by atoms with E-state index in [9.17, 15) is 18.9 Å². The quantitative estimate of drug-likeness (QED) is 0.632. The predicted octanol–water partition coefficient (Wildman–Crippen LogP) is 1.66. The summed E-state index contributed by atoms with van der Waals surface area (Å²) >= 11 is 0. The number of nitro benzene ring substituents is 1. The number of anilines is 1. The van der Waals surface area contributed by atoms with Crippen molar-refractivity contribution in [1.82, 2.24) is 0 Å². The molecule has 0 aliphatic heterocycles. The molecule has 5 nitrogen and oxygen atoms in total. The van der Waals surface area contributed by atoms with Crippen molar-refractivity contribution < 1.29 is 13.7 Å². The van der Waals surface area contributed by atoms with Gasteiger partial charge in [0.05, 0.1) is 17.1 Å². The fourth-order valence-electron chi connectivity index (χ4n) is 1.46. The minimum absolute atomic E-state index is 0.274. The average molecular weight is 245 g/mol. The van der Waals surface area contributed by atoms with Crippen LogP contribution in [0.3, 0.4) is 0 Å². The van der Waals surface area contributed by atoms with Crippen LogP contribution in [-0.2, 0) is 0 Å². The first-order valence-corrected chi connectivity index (χ1v) is 5.02. The lowest BCUT2D eigenvalue weighted by molar-refractivity contribution is -0.385. The van der Waals surface area contributed by atoms with Gasteiger partial charge in [0, 0.05) is 13.6 Å². The minimum Gasteiger partial charge on any atom is -0.370 e. The number of nitrogens with zero attached hydrogens (tertiary/aromatic N) is 2. The molecule has 0 bridgehead atoms. The molecule has 0 unspecified atom stereocenters. The summed E-state index contributed by atoms with van der Waals surface area (Å²) in [6.07, 6.45) is 0.576. The molecule has 1 aromatic carbocycles. The van der Waals surface area contributed by atoms with E-state index < -0.39 is 22.2 Å². The molecule has 0 aliphatic carbocycles. The largest absolute Gasteiger partial charge is 0.370 e. The number of nitrogens with two attached hydrogens (primary N) is 1. The van der Waals surface area contributed by atoms with Crippen molar-refractivity contribution in [3.8, 4) is 0 Å². The van der Waals surface area contributed by atoms with E-state index in [1.165, 1.54) is 11.9 Å². The molecule has 0 aromatic heterocycles. The highest BCUT2D eigenvalue weighted by atomic mass is 19.1. The lowest BCUT2D eigenvalue weighted by Crippen LogP contribution is -2.23. The summed E-state index contributed by atoms with van der Waals surface area (Å²) in [5, 5.41) is 10.4. The summed E-state index contributed by atoms with van der Waals surface area (Å²) in [6, 6.07) is 1.41. The Morgan fingerprint density at radius 2 is 1.94 bits per heavy atom. The standard InChI is InChI=1S/C10H13F2N3O2/c1-14(4-2-3-13)10-8(11)5-7(15(16)17)6-9(10)12/h5-6H,2-4,13H2,1H3. The van der Waals surface area contributed by atoms with Gasteiger partial charge in [-0.05, 0) is 13.0 Å². The van der Waals surface area contributed by atoms with Gasteiger partial charge in [0.15, 0.2) is 11.6 Å². The Hall–Kier alpha value is -1.76. The second-order valence-corrected chi connectivity index (χ2v) is 3.58. The molecule has 2 N–H and O–H groups in total. The van der Waals surface area contributed by atoms with Gasteiger partial charge >= 0.3 is 0 Å². The van der Waals surface area contributed by atoms with Crippen LogP contribution in [-0.4, -0.2) is 25.1 Å². The number of hydrogen-bond donors (Lipinski definition) is 1. The van der Waals surface area contributed by atoms with Gasteiger partial charge in [-0.1, -0.05) is 0 Å². The first kappa shape index (κ1) is 13.3. The third kappa shape index (κ3) is 3.10. The minimum atomic E-state index is -0.948. The first-order chi connectivity index (χ1) is 7.97. The highest BCUT2D eigenvalue weighted by Crippen LogP contribution is 2.27. The highest BCUT2D eigenvalue weighted by Gasteiger charge is 2.19. The van der Waals surface area contributed by atoms with Crippen LogP contribution in [0.2, 0.25) is 0 Å². The van der Waals surface area contributed by atoms with Gasteiger partial charge in [0.2, 0.25) is 0 Å². The monoisotopic (exact) mass is 245 g/mol. The van der Waals surface area contributed by atoms with Crippen molar-refractivity contribution in [3.05, 3.63) is 33.9 Å². The summed E-state index contributed by atoms with van der Waals surface area (Å²) in [7, 11) is 1.50. The second-order valence-electron chi connectivity index (χ2n) is 3.58. The SMILES string of the molecule is CN(CCCN)c1c(F)cc([N+](=O)[O-])cc1F. The molecular formula is C10H13F2N3O2. The van der Waals surface area contributed by atoms with Gasteiger partial charge < -0.3 is 10.6 Å². The van der Waals surface area contributed by atoms with Crippen molar-refractivity contribution in [1.29, 1.82) is 0 Å². The van der Waals surface area contributed by atoms with Crippen LogP contribution in [0.4, 0.5) is 20.2 Å². The van der Waals surface area contributed by atoms with E-state index in [1.807, 2.05) is 0 Å². The molecule has 1 rings (SSSR count). The molecule has 0 spiro atoms. The molecule has 94 valence electrons. The summed E-state index contributed by atoms with van der Waals surface area (Å²) in [5.41, 5.74) is 4.42. The Bertz CT molecular complexity index is 403. The third-order valence-electron chi connectivity index (χ3n) is 2.29.